The predicted octanol–water partition coefficient (Wildman–Crippen LogP) is 17.2. The van der Waals surface area contributed by atoms with Gasteiger partial charge in [0, 0.05) is 68.8 Å². The molecule has 4 aromatic rings. The number of hydrogen-bond acceptors (Lipinski definition) is 10. The average Bonchev–Trinajstić information content (AvgIpc) is 1.65. The number of aryl methyl sites for hydroxylation is 1. The van der Waals surface area contributed by atoms with Crippen molar-refractivity contribution in [2.45, 2.75) is 198 Å². The van der Waals surface area contributed by atoms with E-state index in [0.717, 1.165) is 110 Å². The van der Waals surface area contributed by atoms with Gasteiger partial charge in [-0.15, -0.1) is 0 Å². The summed E-state index contributed by atoms with van der Waals surface area (Å²) < 4.78 is 82.3. The van der Waals surface area contributed by atoms with Crippen LogP contribution in [0.2, 0.25) is 96.7 Å². The van der Waals surface area contributed by atoms with Crippen LogP contribution in [0, 0.1) is 6.92 Å². The Kier molecular flexibility index (Phi) is 21.4. The molecule has 0 spiro atoms. The lowest BCUT2D eigenvalue weighted by atomic mass is 9.78. The first kappa shape index (κ1) is 68.1. The number of hydrogen-bond donors (Lipinski definition) is 1. The maximum Gasteiger partial charge on any atom is 0.321 e. The van der Waals surface area contributed by atoms with Gasteiger partial charge >= 0.3 is 25.7 Å². The minimum atomic E-state index is -4.39. The molecule has 0 saturated heterocycles. The first-order valence-corrected chi connectivity index (χ1v) is 49.9. The highest BCUT2D eigenvalue weighted by Crippen LogP contribution is 2.52. The number of benzene rings is 4. The monoisotopic (exact) mass is 1270 g/mol. The second-order valence-electron chi connectivity index (χ2n) is 28.0. The molecule has 0 bridgehead atoms. The van der Waals surface area contributed by atoms with Gasteiger partial charge in [0.15, 0.2) is 30.7 Å². The van der Waals surface area contributed by atoms with Gasteiger partial charge in [-0.2, -0.15) is 13.0 Å². The van der Waals surface area contributed by atoms with Gasteiger partial charge in [-0.3, -0.25) is 4.55 Å². The van der Waals surface area contributed by atoms with E-state index in [0.29, 0.717) is 6.61 Å². The number of unbranched alkanes of at least 4 members (excludes halogenated alkanes) is 2. The van der Waals surface area contributed by atoms with Crippen LogP contribution in [0.1, 0.15) is 95.8 Å². The molecule has 84 heavy (non-hydrogen) atoms. The predicted molar refractivity (Wildman–Crippen MR) is 364 cm³/mol. The maximum absolute atomic E-state index is 12.4. The van der Waals surface area contributed by atoms with Crippen molar-refractivity contribution in [3.63, 3.8) is 0 Å². The number of allylic oxidation sites excluding steroid dienone is 7. The average molecular weight is 1270 g/mol. The number of ether oxygens (including phenoxy) is 1. The van der Waals surface area contributed by atoms with E-state index in [1.165, 1.54) is 56.2 Å². The smallest absolute Gasteiger partial charge is 0.321 e. The fourth-order valence-corrected chi connectivity index (χ4v) is 35.2. The summed E-state index contributed by atoms with van der Waals surface area (Å²) in [6, 6.07) is 23.7. The summed E-state index contributed by atoms with van der Waals surface area (Å²) in [5.74, 6) is 0.968. The minimum Gasteiger partial charge on any atom is -0.493 e. The Balaban J connectivity index is 1.31. The lowest BCUT2D eigenvalue weighted by molar-refractivity contribution is -0.438. The molecule has 462 valence electrons. The molecule has 4 aromatic carbocycles. The molecule has 0 aromatic heterocycles. The van der Waals surface area contributed by atoms with E-state index in [-0.39, 0.29) is 10.3 Å². The highest BCUT2D eigenvalue weighted by atomic mass is 32.2. The molecule has 1 aliphatic carbocycles. The zero-order valence-electron chi connectivity index (χ0n) is 54.9. The third-order valence-electron chi connectivity index (χ3n) is 17.5. The van der Waals surface area contributed by atoms with Crippen LogP contribution in [0.15, 0.2) is 112 Å². The number of nitrogens with zero attached hydrogens (tertiary/aromatic N) is 2. The zero-order chi connectivity index (χ0) is 62.1. The highest BCUT2D eigenvalue weighted by Gasteiger charge is 2.46. The number of rotatable bonds is 28. The minimum absolute atomic E-state index is 0.107. The van der Waals surface area contributed by atoms with Crippen molar-refractivity contribution in [2.75, 3.05) is 45.9 Å². The molecular weight excluding hydrogens is 1170 g/mol. The molecule has 7 rings (SSSR count). The Morgan fingerprint density at radius 3 is 1.76 bits per heavy atom. The second kappa shape index (κ2) is 26.4. The number of anilines is 1. The van der Waals surface area contributed by atoms with Crippen molar-refractivity contribution in [2.24, 2.45) is 0 Å². The van der Waals surface area contributed by atoms with Gasteiger partial charge in [0.25, 0.3) is 10.1 Å². The van der Waals surface area contributed by atoms with Crippen molar-refractivity contribution >= 4 is 99.4 Å². The molecule has 2 heterocycles. The zero-order valence-corrected chi connectivity index (χ0v) is 61.7. The van der Waals surface area contributed by atoms with Crippen molar-refractivity contribution in [3.8, 4) is 0 Å². The Hall–Kier alpha value is -3.40. The molecule has 12 nitrogen and oxygen atoms in total. The van der Waals surface area contributed by atoms with Gasteiger partial charge in [-0.1, -0.05) is 62.2 Å². The molecule has 3 aliphatic rings. The van der Waals surface area contributed by atoms with Crippen molar-refractivity contribution in [1.82, 2.24) is 0 Å². The summed E-state index contributed by atoms with van der Waals surface area (Å²) in [6.07, 6.45) is 17.2. The maximum atomic E-state index is 12.4. The molecule has 19 heteroatoms. The van der Waals surface area contributed by atoms with Gasteiger partial charge in [0.2, 0.25) is 5.69 Å². The van der Waals surface area contributed by atoms with E-state index in [1.54, 1.807) is 27.4 Å². The van der Waals surface area contributed by atoms with E-state index in [4.69, 9.17) is 30.4 Å². The van der Waals surface area contributed by atoms with Crippen LogP contribution in [0.5, 0.6) is 0 Å². The lowest BCUT2D eigenvalue weighted by Gasteiger charge is -2.32. The first-order chi connectivity index (χ1) is 39.0. The molecule has 0 fully saturated rings. The van der Waals surface area contributed by atoms with Crippen molar-refractivity contribution < 1.29 is 47.9 Å². The SMILES string of the molecule is CO[Si](C)(C)O[Si](C)(C)CCCCN1/C(=C/C=C2CCCC(/C=C/C3=[N+](CCCC[Si](C)(C)O[Si](C)(C)OC)c4ccc5cc(C)ccc5c4C3(C)C)=C2OCCC[Si](C)(C)O[Si](C)(C)OC)C(C)(C)c2c1ccc1cc(S(=O)(=O)O)ccc21. The standard InChI is InChI=1S/C65H102N2O10SSi6/c1-49-29-35-55-52(47-49)30-37-57-61(55)64(2,3)59(66(57)41-21-23-44-79(9,10)75-82(15,16)71-6)39-32-50-27-25-28-51(63(50)74-43-26-46-81(13,14)77-84(19,20)73-8)33-40-60-65(4,5)62-56-36-34-54(78(68,69)70)48-53(56)31-38-58(62)67(60)42-22-24-45-80(11,12)76-83(17,18)72-7/h29-40,47-48H,21-28,41-46H2,1-20H3/p+1. The molecule has 0 saturated carbocycles. The van der Waals surface area contributed by atoms with Crippen LogP contribution in [-0.2, 0) is 51.3 Å². The highest BCUT2D eigenvalue weighted by molar-refractivity contribution is 7.85. The first-order valence-electron chi connectivity index (χ1n) is 30.7. The summed E-state index contributed by atoms with van der Waals surface area (Å²) in [5.41, 5.74) is 10.3. The number of fused-ring (bicyclic) bond motifs is 6. The third-order valence-corrected chi connectivity index (χ3v) is 38.5. The summed E-state index contributed by atoms with van der Waals surface area (Å²) in [5, 5.41) is 4.33. The molecular formula is C65H103N2O10SSi6+. The van der Waals surface area contributed by atoms with E-state index < -0.39 is 66.2 Å². The Bertz CT molecular complexity index is 3340. The molecule has 0 unspecified atom stereocenters. The third kappa shape index (κ3) is 16.5. The van der Waals surface area contributed by atoms with Gasteiger partial charge in [0.05, 0.1) is 16.9 Å². The van der Waals surface area contributed by atoms with Crippen molar-refractivity contribution in [3.05, 3.63) is 124 Å². The second-order valence-corrected chi connectivity index (χ2v) is 53.5. The fourth-order valence-electron chi connectivity index (χ4n) is 13.3. The van der Waals surface area contributed by atoms with Crippen LogP contribution in [0.25, 0.3) is 21.5 Å². The van der Waals surface area contributed by atoms with Crippen LogP contribution >= 0.6 is 0 Å². The topological polar surface area (TPSA) is 125 Å². The van der Waals surface area contributed by atoms with Gasteiger partial charge in [-0.05, 0) is 231 Å². The van der Waals surface area contributed by atoms with Crippen LogP contribution < -0.4 is 4.90 Å². The molecule has 2 aliphatic heterocycles. The van der Waals surface area contributed by atoms with E-state index in [9.17, 15) is 13.0 Å². The largest absolute Gasteiger partial charge is 0.493 e. The summed E-state index contributed by atoms with van der Waals surface area (Å²) in [6.45, 7) is 40.5. The van der Waals surface area contributed by atoms with Gasteiger partial charge < -0.3 is 35.3 Å². The Labute approximate surface area is 512 Å². The van der Waals surface area contributed by atoms with Crippen LogP contribution in [-0.4, -0.2) is 115 Å². The van der Waals surface area contributed by atoms with E-state index in [2.05, 4.69) is 183 Å². The van der Waals surface area contributed by atoms with Crippen LogP contribution in [0.4, 0.5) is 11.4 Å². The lowest BCUT2D eigenvalue weighted by Crippen LogP contribution is -2.45. The summed E-state index contributed by atoms with van der Waals surface area (Å²) in [4.78, 5) is 2.38. The Morgan fingerprint density at radius 1 is 0.619 bits per heavy atom. The van der Waals surface area contributed by atoms with E-state index >= 15 is 0 Å². The van der Waals surface area contributed by atoms with E-state index in [1.807, 2.05) is 12.1 Å². The van der Waals surface area contributed by atoms with Crippen LogP contribution in [0.3, 0.4) is 0 Å². The summed E-state index contributed by atoms with van der Waals surface area (Å²) in [7, 11) is -11.7. The van der Waals surface area contributed by atoms with Gasteiger partial charge in [0.1, 0.15) is 12.3 Å². The molecule has 1 N–H and O–H groups in total. The molecule has 0 radical (unpaired) electrons. The quantitative estimate of drug-likeness (QED) is 0.0253. The normalized spacial score (nSPS) is 18.2. The Morgan fingerprint density at radius 2 is 1.17 bits per heavy atom. The van der Waals surface area contributed by atoms with Gasteiger partial charge in [-0.25, -0.2) is 0 Å². The summed E-state index contributed by atoms with van der Waals surface area (Å²) >= 11 is 0. The molecule has 0 amide bonds. The molecule has 0 atom stereocenters. The fraction of sp³-hybridized carbons (Fsp3) is 0.554. The van der Waals surface area contributed by atoms with Crippen molar-refractivity contribution in [1.29, 1.82) is 0 Å².